The number of hydrogen-bond acceptors (Lipinski definition) is 3. The van der Waals surface area contributed by atoms with Crippen molar-refractivity contribution in [2.75, 3.05) is 13.2 Å². The number of ether oxygens (including phenoxy) is 1. The smallest absolute Gasteiger partial charge is 0.226 e. The zero-order chi connectivity index (χ0) is 9.68. The molecule has 0 saturated carbocycles. The molecule has 1 N–H and O–H groups in total. The van der Waals surface area contributed by atoms with Gasteiger partial charge in [-0.1, -0.05) is 0 Å². The first-order valence-electron chi connectivity index (χ1n) is 4.51. The molecule has 0 aromatic heterocycles. The van der Waals surface area contributed by atoms with E-state index in [1.807, 2.05) is 6.07 Å². The first-order chi connectivity index (χ1) is 6.24. The van der Waals surface area contributed by atoms with Gasteiger partial charge in [-0.3, -0.25) is 4.79 Å². The summed E-state index contributed by atoms with van der Waals surface area (Å²) in [5.41, 5.74) is 0. The Bertz CT molecular complexity index is 216. The standard InChI is InChI=1S/C9H14N2O2/c1-7(5-10)11-9(12)8-3-2-4-13-6-8/h7-8H,2-4,6H2,1H3,(H,11,12). The van der Waals surface area contributed by atoms with Gasteiger partial charge in [0.25, 0.3) is 0 Å². The van der Waals surface area contributed by atoms with Crippen molar-refractivity contribution in [1.29, 1.82) is 5.26 Å². The molecule has 0 aromatic rings. The Morgan fingerprint density at radius 1 is 1.77 bits per heavy atom. The average molecular weight is 182 g/mol. The molecule has 1 amide bonds. The van der Waals surface area contributed by atoms with Crippen molar-refractivity contribution in [3.8, 4) is 6.07 Å². The van der Waals surface area contributed by atoms with Crippen LogP contribution in [0.15, 0.2) is 0 Å². The molecule has 2 atom stereocenters. The lowest BCUT2D eigenvalue weighted by Gasteiger charge is -2.21. The summed E-state index contributed by atoms with van der Waals surface area (Å²) in [4.78, 5) is 11.4. The summed E-state index contributed by atoms with van der Waals surface area (Å²) in [7, 11) is 0. The number of nitrogens with one attached hydrogen (secondary N) is 1. The predicted molar refractivity (Wildman–Crippen MR) is 46.8 cm³/mol. The van der Waals surface area contributed by atoms with Crippen LogP contribution in [0.2, 0.25) is 0 Å². The van der Waals surface area contributed by atoms with Gasteiger partial charge in [0.05, 0.1) is 18.6 Å². The van der Waals surface area contributed by atoms with E-state index in [9.17, 15) is 4.79 Å². The van der Waals surface area contributed by atoms with E-state index in [1.165, 1.54) is 0 Å². The molecular formula is C9H14N2O2. The van der Waals surface area contributed by atoms with Crippen LogP contribution in [-0.2, 0) is 9.53 Å². The lowest BCUT2D eigenvalue weighted by Crippen LogP contribution is -2.39. The van der Waals surface area contributed by atoms with Crippen molar-refractivity contribution in [3.05, 3.63) is 0 Å². The lowest BCUT2D eigenvalue weighted by molar-refractivity contribution is -0.129. The summed E-state index contributed by atoms with van der Waals surface area (Å²) in [6, 6.07) is 1.55. The summed E-state index contributed by atoms with van der Waals surface area (Å²) < 4.78 is 5.17. The second-order valence-corrected chi connectivity index (χ2v) is 3.27. The highest BCUT2D eigenvalue weighted by atomic mass is 16.5. The Kier molecular flexibility index (Phi) is 3.71. The first-order valence-corrected chi connectivity index (χ1v) is 4.51. The third kappa shape index (κ3) is 3.03. The highest BCUT2D eigenvalue weighted by Gasteiger charge is 2.22. The molecule has 0 bridgehead atoms. The zero-order valence-electron chi connectivity index (χ0n) is 7.75. The Balaban J connectivity index is 2.34. The molecule has 2 unspecified atom stereocenters. The molecule has 1 rings (SSSR count). The normalized spacial score (nSPS) is 24.5. The minimum atomic E-state index is -0.408. The zero-order valence-corrected chi connectivity index (χ0v) is 7.75. The van der Waals surface area contributed by atoms with E-state index in [0.717, 1.165) is 19.4 Å². The van der Waals surface area contributed by atoms with Crippen LogP contribution in [0.1, 0.15) is 19.8 Å². The maximum Gasteiger partial charge on any atom is 0.226 e. The summed E-state index contributed by atoms with van der Waals surface area (Å²) in [6.45, 7) is 2.91. The third-order valence-electron chi connectivity index (χ3n) is 2.08. The van der Waals surface area contributed by atoms with Gasteiger partial charge in [0.2, 0.25) is 5.91 Å². The van der Waals surface area contributed by atoms with Gasteiger partial charge in [-0.2, -0.15) is 5.26 Å². The van der Waals surface area contributed by atoms with E-state index < -0.39 is 6.04 Å². The molecule has 1 heterocycles. The SMILES string of the molecule is CC(C#N)NC(=O)C1CCCOC1. The fourth-order valence-electron chi connectivity index (χ4n) is 1.31. The average Bonchev–Trinajstić information content (AvgIpc) is 2.19. The van der Waals surface area contributed by atoms with E-state index in [-0.39, 0.29) is 11.8 Å². The quantitative estimate of drug-likeness (QED) is 0.674. The third-order valence-corrected chi connectivity index (χ3v) is 2.08. The van der Waals surface area contributed by atoms with Crippen molar-refractivity contribution < 1.29 is 9.53 Å². The number of hydrogen-bond donors (Lipinski definition) is 1. The fourth-order valence-corrected chi connectivity index (χ4v) is 1.31. The minimum Gasteiger partial charge on any atom is -0.381 e. The molecular weight excluding hydrogens is 168 g/mol. The van der Waals surface area contributed by atoms with Gasteiger partial charge < -0.3 is 10.1 Å². The summed E-state index contributed by atoms with van der Waals surface area (Å²) in [5.74, 6) is -0.127. The maximum absolute atomic E-state index is 11.4. The van der Waals surface area contributed by atoms with Gasteiger partial charge in [-0.05, 0) is 19.8 Å². The van der Waals surface area contributed by atoms with Gasteiger partial charge in [0, 0.05) is 6.61 Å². The van der Waals surface area contributed by atoms with Crippen LogP contribution >= 0.6 is 0 Å². The topological polar surface area (TPSA) is 62.1 Å². The largest absolute Gasteiger partial charge is 0.381 e. The number of rotatable bonds is 2. The molecule has 1 aliphatic rings. The van der Waals surface area contributed by atoms with E-state index in [1.54, 1.807) is 6.92 Å². The number of nitrogens with zero attached hydrogens (tertiary/aromatic N) is 1. The van der Waals surface area contributed by atoms with E-state index in [2.05, 4.69) is 5.32 Å². The molecule has 4 heteroatoms. The van der Waals surface area contributed by atoms with E-state index in [0.29, 0.717) is 6.61 Å². The molecule has 0 aliphatic carbocycles. The summed E-state index contributed by atoms with van der Waals surface area (Å²) in [5, 5.41) is 11.1. The second kappa shape index (κ2) is 4.83. The van der Waals surface area contributed by atoms with Crippen LogP contribution in [0.5, 0.6) is 0 Å². The number of nitriles is 1. The molecule has 13 heavy (non-hydrogen) atoms. The monoisotopic (exact) mass is 182 g/mol. The van der Waals surface area contributed by atoms with Crippen LogP contribution in [-0.4, -0.2) is 25.2 Å². The number of carbonyl (C=O) groups excluding carboxylic acids is 1. The molecule has 0 radical (unpaired) electrons. The number of amides is 1. The molecule has 4 nitrogen and oxygen atoms in total. The van der Waals surface area contributed by atoms with Crippen LogP contribution < -0.4 is 5.32 Å². The Morgan fingerprint density at radius 2 is 2.54 bits per heavy atom. The van der Waals surface area contributed by atoms with Crippen molar-refractivity contribution in [2.45, 2.75) is 25.8 Å². The second-order valence-electron chi connectivity index (χ2n) is 3.27. The van der Waals surface area contributed by atoms with Crippen molar-refractivity contribution in [2.24, 2.45) is 5.92 Å². The van der Waals surface area contributed by atoms with Crippen molar-refractivity contribution in [3.63, 3.8) is 0 Å². The fraction of sp³-hybridized carbons (Fsp3) is 0.778. The van der Waals surface area contributed by atoms with Gasteiger partial charge in [-0.15, -0.1) is 0 Å². The molecule has 72 valence electrons. The highest BCUT2D eigenvalue weighted by molar-refractivity contribution is 5.79. The minimum absolute atomic E-state index is 0.0613. The lowest BCUT2D eigenvalue weighted by atomic mass is 10.0. The Labute approximate surface area is 77.9 Å². The van der Waals surface area contributed by atoms with Crippen LogP contribution in [0.25, 0.3) is 0 Å². The van der Waals surface area contributed by atoms with Gasteiger partial charge >= 0.3 is 0 Å². The Hall–Kier alpha value is -1.08. The van der Waals surface area contributed by atoms with Crippen molar-refractivity contribution in [1.82, 2.24) is 5.32 Å². The van der Waals surface area contributed by atoms with E-state index >= 15 is 0 Å². The molecule has 1 aliphatic heterocycles. The van der Waals surface area contributed by atoms with Crippen LogP contribution in [0, 0.1) is 17.2 Å². The molecule has 1 saturated heterocycles. The molecule has 0 spiro atoms. The van der Waals surface area contributed by atoms with Crippen LogP contribution in [0.3, 0.4) is 0 Å². The maximum atomic E-state index is 11.4. The summed E-state index contributed by atoms with van der Waals surface area (Å²) >= 11 is 0. The van der Waals surface area contributed by atoms with Crippen LogP contribution in [0.4, 0.5) is 0 Å². The van der Waals surface area contributed by atoms with Gasteiger partial charge in [0.15, 0.2) is 0 Å². The highest BCUT2D eigenvalue weighted by Crippen LogP contribution is 2.13. The Morgan fingerprint density at radius 3 is 3.08 bits per heavy atom. The summed E-state index contributed by atoms with van der Waals surface area (Å²) in [6.07, 6.45) is 1.79. The van der Waals surface area contributed by atoms with Gasteiger partial charge in [0.1, 0.15) is 6.04 Å². The first kappa shape index (κ1) is 10.0. The predicted octanol–water partition coefficient (Wildman–Crippen LogP) is 0.441. The number of carbonyl (C=O) groups is 1. The van der Waals surface area contributed by atoms with Crippen molar-refractivity contribution >= 4 is 5.91 Å². The van der Waals surface area contributed by atoms with E-state index in [4.69, 9.17) is 10.00 Å². The van der Waals surface area contributed by atoms with Gasteiger partial charge in [-0.25, -0.2) is 0 Å². The molecule has 1 fully saturated rings. The molecule has 0 aromatic carbocycles.